The molecule has 1 amide bonds. The van der Waals surface area contributed by atoms with E-state index >= 15 is 0 Å². The van der Waals surface area contributed by atoms with Crippen molar-refractivity contribution in [2.45, 2.75) is 6.04 Å². The van der Waals surface area contributed by atoms with Crippen molar-refractivity contribution in [1.29, 1.82) is 5.26 Å². The standard InChI is InChI=1S/C16H16N4O/c1-20(2)15(13-7-5-9-18-11-13)16(21)19-14-8-4-3-6-12(14)10-17/h3-9,11,15H,1-2H3,(H,19,21). The third-order valence-corrected chi connectivity index (χ3v) is 3.07. The second-order valence-electron chi connectivity index (χ2n) is 4.80. The second kappa shape index (κ2) is 6.64. The highest BCUT2D eigenvalue weighted by molar-refractivity contribution is 5.96. The van der Waals surface area contributed by atoms with Crippen LogP contribution in [-0.4, -0.2) is 29.9 Å². The summed E-state index contributed by atoms with van der Waals surface area (Å²) < 4.78 is 0. The Kier molecular flexibility index (Phi) is 4.64. The van der Waals surface area contributed by atoms with Crippen molar-refractivity contribution in [3.05, 3.63) is 59.9 Å². The van der Waals surface area contributed by atoms with Gasteiger partial charge in [-0.05, 0) is 37.9 Å². The summed E-state index contributed by atoms with van der Waals surface area (Å²) in [5, 5.41) is 11.9. The first-order valence-electron chi connectivity index (χ1n) is 6.50. The molecule has 0 fully saturated rings. The number of nitriles is 1. The van der Waals surface area contributed by atoms with Crippen LogP contribution < -0.4 is 5.32 Å². The molecule has 1 heterocycles. The van der Waals surface area contributed by atoms with Crippen LogP contribution in [0.3, 0.4) is 0 Å². The van der Waals surface area contributed by atoms with E-state index in [2.05, 4.69) is 16.4 Å². The summed E-state index contributed by atoms with van der Waals surface area (Å²) >= 11 is 0. The molecule has 2 rings (SSSR count). The number of nitrogens with one attached hydrogen (secondary N) is 1. The summed E-state index contributed by atoms with van der Waals surface area (Å²) in [4.78, 5) is 18.4. The van der Waals surface area contributed by atoms with Crippen molar-refractivity contribution in [3.8, 4) is 6.07 Å². The smallest absolute Gasteiger partial charge is 0.246 e. The molecule has 1 N–H and O–H groups in total. The van der Waals surface area contributed by atoms with Crippen molar-refractivity contribution >= 4 is 11.6 Å². The lowest BCUT2D eigenvalue weighted by Gasteiger charge is -2.23. The molecule has 1 aromatic heterocycles. The largest absolute Gasteiger partial charge is 0.323 e. The zero-order valence-electron chi connectivity index (χ0n) is 11.9. The molecule has 106 valence electrons. The highest BCUT2D eigenvalue weighted by Crippen LogP contribution is 2.21. The van der Waals surface area contributed by atoms with Gasteiger partial charge in [-0.25, -0.2) is 0 Å². The number of nitrogens with zero attached hydrogens (tertiary/aromatic N) is 3. The molecular weight excluding hydrogens is 264 g/mol. The van der Waals surface area contributed by atoms with Gasteiger partial charge in [0.2, 0.25) is 5.91 Å². The molecule has 1 atom stereocenters. The Morgan fingerprint density at radius 1 is 1.29 bits per heavy atom. The first-order chi connectivity index (χ1) is 10.1. The van der Waals surface area contributed by atoms with Gasteiger partial charge in [-0.2, -0.15) is 5.26 Å². The van der Waals surface area contributed by atoms with Crippen LogP contribution in [-0.2, 0) is 4.79 Å². The number of para-hydroxylation sites is 1. The first kappa shape index (κ1) is 14.7. The van der Waals surface area contributed by atoms with E-state index in [1.165, 1.54) is 0 Å². The lowest BCUT2D eigenvalue weighted by molar-refractivity contribution is -0.120. The van der Waals surface area contributed by atoms with Crippen LogP contribution in [0.1, 0.15) is 17.2 Å². The van der Waals surface area contributed by atoms with Crippen molar-refractivity contribution in [2.24, 2.45) is 0 Å². The van der Waals surface area contributed by atoms with Gasteiger partial charge in [0.05, 0.1) is 11.3 Å². The van der Waals surface area contributed by atoms with Gasteiger partial charge in [0.1, 0.15) is 12.1 Å². The van der Waals surface area contributed by atoms with Gasteiger partial charge < -0.3 is 5.32 Å². The van der Waals surface area contributed by atoms with E-state index in [1.54, 1.807) is 47.6 Å². The van der Waals surface area contributed by atoms with E-state index in [9.17, 15) is 4.79 Å². The molecule has 0 radical (unpaired) electrons. The minimum absolute atomic E-state index is 0.198. The Morgan fingerprint density at radius 2 is 2.05 bits per heavy atom. The Bertz CT molecular complexity index is 661. The summed E-state index contributed by atoms with van der Waals surface area (Å²) in [6, 6.07) is 12.2. The van der Waals surface area contributed by atoms with Gasteiger partial charge in [0, 0.05) is 12.4 Å². The number of carbonyl (C=O) groups excluding carboxylic acids is 1. The number of likely N-dealkylation sites (N-methyl/N-ethyl adjacent to an activating group) is 1. The highest BCUT2D eigenvalue weighted by atomic mass is 16.2. The molecule has 0 aliphatic heterocycles. The Morgan fingerprint density at radius 3 is 2.67 bits per heavy atom. The first-order valence-corrected chi connectivity index (χ1v) is 6.50. The van der Waals surface area contributed by atoms with Crippen LogP contribution in [0, 0.1) is 11.3 Å². The topological polar surface area (TPSA) is 69.0 Å². The van der Waals surface area contributed by atoms with Gasteiger partial charge in [-0.1, -0.05) is 18.2 Å². The molecule has 0 aliphatic rings. The quantitative estimate of drug-likeness (QED) is 0.932. The average molecular weight is 280 g/mol. The summed E-state index contributed by atoms with van der Waals surface area (Å²) in [6.45, 7) is 0. The molecule has 5 heteroatoms. The number of aromatic nitrogens is 1. The average Bonchev–Trinajstić information content (AvgIpc) is 2.48. The molecule has 21 heavy (non-hydrogen) atoms. The molecule has 0 bridgehead atoms. The summed E-state index contributed by atoms with van der Waals surface area (Å²) in [5.74, 6) is -0.198. The van der Waals surface area contributed by atoms with Crippen molar-refractivity contribution in [2.75, 3.05) is 19.4 Å². The molecule has 1 unspecified atom stereocenters. The molecule has 0 saturated carbocycles. The summed E-state index contributed by atoms with van der Waals surface area (Å²) in [5.41, 5.74) is 1.75. The number of carbonyl (C=O) groups is 1. The van der Waals surface area contributed by atoms with Crippen LogP contribution in [0.4, 0.5) is 5.69 Å². The zero-order chi connectivity index (χ0) is 15.2. The fourth-order valence-electron chi connectivity index (χ4n) is 2.11. The molecule has 0 saturated heterocycles. The Hall–Kier alpha value is -2.71. The molecule has 5 nitrogen and oxygen atoms in total. The zero-order valence-corrected chi connectivity index (χ0v) is 11.9. The fourth-order valence-corrected chi connectivity index (χ4v) is 2.11. The van der Waals surface area contributed by atoms with E-state index in [0.29, 0.717) is 11.3 Å². The van der Waals surface area contributed by atoms with E-state index in [-0.39, 0.29) is 5.91 Å². The van der Waals surface area contributed by atoms with E-state index in [4.69, 9.17) is 5.26 Å². The predicted octanol–water partition coefficient (Wildman–Crippen LogP) is 2.19. The van der Waals surface area contributed by atoms with Crippen LogP contribution in [0.25, 0.3) is 0 Å². The number of anilines is 1. The maximum absolute atomic E-state index is 12.5. The third kappa shape index (κ3) is 3.44. The van der Waals surface area contributed by atoms with Crippen molar-refractivity contribution in [3.63, 3.8) is 0 Å². The lowest BCUT2D eigenvalue weighted by atomic mass is 10.1. The molecule has 0 spiro atoms. The van der Waals surface area contributed by atoms with Gasteiger partial charge >= 0.3 is 0 Å². The molecular formula is C16H16N4O. The minimum atomic E-state index is -0.467. The minimum Gasteiger partial charge on any atom is -0.323 e. The van der Waals surface area contributed by atoms with Crippen LogP contribution in [0.5, 0.6) is 0 Å². The maximum atomic E-state index is 12.5. The van der Waals surface area contributed by atoms with Crippen LogP contribution in [0.2, 0.25) is 0 Å². The van der Waals surface area contributed by atoms with Crippen molar-refractivity contribution < 1.29 is 4.79 Å². The SMILES string of the molecule is CN(C)C(C(=O)Nc1ccccc1C#N)c1cccnc1. The fraction of sp³-hybridized carbons (Fsp3) is 0.188. The number of pyridine rings is 1. The monoisotopic (exact) mass is 280 g/mol. The summed E-state index contributed by atoms with van der Waals surface area (Å²) in [7, 11) is 3.65. The van der Waals surface area contributed by atoms with Gasteiger partial charge in [-0.15, -0.1) is 0 Å². The van der Waals surface area contributed by atoms with E-state index < -0.39 is 6.04 Å². The maximum Gasteiger partial charge on any atom is 0.246 e. The van der Waals surface area contributed by atoms with Gasteiger partial charge in [-0.3, -0.25) is 14.7 Å². The molecule has 0 aliphatic carbocycles. The normalized spacial score (nSPS) is 11.7. The lowest BCUT2D eigenvalue weighted by Crippen LogP contribution is -2.32. The van der Waals surface area contributed by atoms with Gasteiger partial charge in [0.25, 0.3) is 0 Å². The van der Waals surface area contributed by atoms with E-state index in [0.717, 1.165) is 5.56 Å². The third-order valence-electron chi connectivity index (χ3n) is 3.07. The van der Waals surface area contributed by atoms with Crippen molar-refractivity contribution in [1.82, 2.24) is 9.88 Å². The molecule has 2 aromatic rings. The molecule has 1 aromatic carbocycles. The van der Waals surface area contributed by atoms with E-state index in [1.807, 2.05) is 20.2 Å². The summed E-state index contributed by atoms with van der Waals surface area (Å²) in [6.07, 6.45) is 3.33. The van der Waals surface area contributed by atoms with Gasteiger partial charge in [0.15, 0.2) is 0 Å². The number of amides is 1. The number of hydrogen-bond acceptors (Lipinski definition) is 4. The number of hydrogen-bond donors (Lipinski definition) is 1. The number of benzene rings is 1. The second-order valence-corrected chi connectivity index (χ2v) is 4.80. The van der Waals surface area contributed by atoms with Crippen LogP contribution >= 0.6 is 0 Å². The highest BCUT2D eigenvalue weighted by Gasteiger charge is 2.23. The van der Waals surface area contributed by atoms with Crippen LogP contribution in [0.15, 0.2) is 48.8 Å². The Labute approximate surface area is 123 Å². The Balaban J connectivity index is 2.27. The predicted molar refractivity (Wildman–Crippen MR) is 80.5 cm³/mol. The number of rotatable bonds is 4.